The van der Waals surface area contributed by atoms with Crippen molar-refractivity contribution in [2.24, 2.45) is 0 Å². The molecule has 3 aromatic rings. The van der Waals surface area contributed by atoms with Crippen LogP contribution < -0.4 is 15.4 Å². The fourth-order valence-electron chi connectivity index (χ4n) is 5.32. The second kappa shape index (κ2) is 14.1. The van der Waals surface area contributed by atoms with Gasteiger partial charge in [0, 0.05) is 29.3 Å². The highest BCUT2D eigenvalue weighted by molar-refractivity contribution is 8.00. The molecular formula is C34H39N3O6S. The molecule has 3 aromatic carbocycles. The lowest BCUT2D eigenvalue weighted by molar-refractivity contribution is -0.147. The minimum atomic E-state index is -1.64. The van der Waals surface area contributed by atoms with Crippen LogP contribution in [0.2, 0.25) is 0 Å². The van der Waals surface area contributed by atoms with Crippen LogP contribution in [0.3, 0.4) is 0 Å². The Morgan fingerprint density at radius 3 is 2.36 bits per heavy atom. The molecule has 1 aliphatic rings. The Hall–Kier alpha value is -4.15. The van der Waals surface area contributed by atoms with Gasteiger partial charge in [-0.3, -0.25) is 19.2 Å². The zero-order valence-corrected chi connectivity index (χ0v) is 26.4. The molecule has 10 heteroatoms. The van der Waals surface area contributed by atoms with E-state index in [2.05, 4.69) is 10.6 Å². The number of aryl methyl sites for hydroxylation is 1. The fourth-order valence-corrected chi connectivity index (χ4v) is 6.46. The van der Waals surface area contributed by atoms with Crippen molar-refractivity contribution in [3.63, 3.8) is 0 Å². The molecule has 1 fully saturated rings. The molecule has 0 spiro atoms. The van der Waals surface area contributed by atoms with E-state index >= 15 is 0 Å². The number of hydrogen-bond acceptors (Lipinski definition) is 7. The molecule has 3 amide bonds. The standard InChI is InChI=1S/C34H39N3O6S/c1-21-12-9-10-15-25(21)19-35-32(41)30-34(4,5)44-20-37(30)33(42)29(39)27(18-24-13-7-6-8-14-24)36-31(40)26-16-11-17-28(22(26)2)43-23(3)38/h6-17,27,29-30,39H,18-20H2,1-5H3,(H,35,41)(H,36,40)/t27?,29?,30-/m1/s1. The number of carbonyl (C=O) groups is 4. The van der Waals surface area contributed by atoms with Gasteiger partial charge in [0.1, 0.15) is 11.8 Å². The Bertz CT molecular complexity index is 1530. The molecule has 0 saturated carbocycles. The van der Waals surface area contributed by atoms with Crippen LogP contribution in [0.1, 0.15) is 53.4 Å². The summed E-state index contributed by atoms with van der Waals surface area (Å²) in [4.78, 5) is 53.9. The SMILES string of the molecule is CC(=O)Oc1cccc(C(=O)NC(Cc2ccccc2)C(O)C(=O)N2CSC(C)(C)[C@H]2C(=O)NCc2ccccc2C)c1C. The van der Waals surface area contributed by atoms with E-state index in [9.17, 15) is 24.3 Å². The molecule has 4 rings (SSSR count). The van der Waals surface area contributed by atoms with Crippen molar-refractivity contribution in [3.8, 4) is 5.75 Å². The molecule has 0 aliphatic carbocycles. The van der Waals surface area contributed by atoms with Crippen molar-refractivity contribution >= 4 is 35.5 Å². The molecule has 1 aliphatic heterocycles. The number of aliphatic hydroxyl groups is 1. The molecule has 0 bridgehead atoms. The summed E-state index contributed by atoms with van der Waals surface area (Å²) in [5.41, 5.74) is 3.51. The van der Waals surface area contributed by atoms with E-state index in [0.29, 0.717) is 12.1 Å². The van der Waals surface area contributed by atoms with Crippen LogP contribution in [0.4, 0.5) is 0 Å². The van der Waals surface area contributed by atoms with Crippen molar-refractivity contribution in [1.29, 1.82) is 0 Å². The lowest BCUT2D eigenvalue weighted by Crippen LogP contribution is -2.58. The highest BCUT2D eigenvalue weighted by Gasteiger charge is 2.49. The van der Waals surface area contributed by atoms with Gasteiger partial charge in [-0.05, 0) is 62.9 Å². The summed E-state index contributed by atoms with van der Waals surface area (Å²) in [6, 6.07) is 19.9. The predicted molar refractivity (Wildman–Crippen MR) is 170 cm³/mol. The number of benzene rings is 3. The summed E-state index contributed by atoms with van der Waals surface area (Å²) in [6.07, 6.45) is -1.48. The van der Waals surface area contributed by atoms with Gasteiger partial charge >= 0.3 is 5.97 Å². The maximum atomic E-state index is 13.9. The molecule has 0 radical (unpaired) electrons. The van der Waals surface area contributed by atoms with Crippen molar-refractivity contribution in [2.75, 3.05) is 5.88 Å². The van der Waals surface area contributed by atoms with E-state index in [0.717, 1.165) is 16.7 Å². The number of amides is 3. The maximum Gasteiger partial charge on any atom is 0.308 e. The van der Waals surface area contributed by atoms with Crippen molar-refractivity contribution in [1.82, 2.24) is 15.5 Å². The topological polar surface area (TPSA) is 125 Å². The third-order valence-electron chi connectivity index (χ3n) is 7.82. The van der Waals surface area contributed by atoms with E-state index in [4.69, 9.17) is 4.74 Å². The van der Waals surface area contributed by atoms with Crippen LogP contribution in [0.5, 0.6) is 5.75 Å². The number of nitrogens with zero attached hydrogens (tertiary/aromatic N) is 1. The van der Waals surface area contributed by atoms with Crippen LogP contribution in [0.15, 0.2) is 72.8 Å². The number of rotatable bonds is 10. The van der Waals surface area contributed by atoms with Gasteiger partial charge in [-0.15, -0.1) is 11.8 Å². The van der Waals surface area contributed by atoms with Crippen LogP contribution in [0, 0.1) is 13.8 Å². The Morgan fingerprint density at radius 1 is 1.00 bits per heavy atom. The molecule has 0 aromatic heterocycles. The molecular weight excluding hydrogens is 578 g/mol. The molecule has 3 atom stereocenters. The first-order valence-corrected chi connectivity index (χ1v) is 15.4. The number of ether oxygens (including phenoxy) is 1. The highest BCUT2D eigenvalue weighted by atomic mass is 32.2. The Kier molecular flexibility index (Phi) is 10.5. The van der Waals surface area contributed by atoms with Gasteiger partial charge in [0.15, 0.2) is 6.10 Å². The molecule has 3 N–H and O–H groups in total. The third-order valence-corrected chi connectivity index (χ3v) is 9.20. The number of thioether (sulfide) groups is 1. The first-order valence-electron chi connectivity index (χ1n) is 14.5. The summed E-state index contributed by atoms with van der Waals surface area (Å²) in [6.45, 7) is 9.02. The normalized spacial score (nSPS) is 17.0. The largest absolute Gasteiger partial charge is 0.426 e. The summed E-state index contributed by atoms with van der Waals surface area (Å²) in [7, 11) is 0. The summed E-state index contributed by atoms with van der Waals surface area (Å²) < 4.78 is 4.62. The molecule has 9 nitrogen and oxygen atoms in total. The zero-order chi connectivity index (χ0) is 32.0. The van der Waals surface area contributed by atoms with Gasteiger partial charge in [0.25, 0.3) is 11.8 Å². The lowest BCUT2D eigenvalue weighted by Gasteiger charge is -2.33. The predicted octanol–water partition coefficient (Wildman–Crippen LogP) is 3.93. The van der Waals surface area contributed by atoms with Crippen molar-refractivity contribution in [2.45, 2.75) is 70.5 Å². The Labute approximate surface area is 262 Å². The molecule has 2 unspecified atom stereocenters. The number of esters is 1. The van der Waals surface area contributed by atoms with Crippen LogP contribution in [-0.4, -0.2) is 62.5 Å². The highest BCUT2D eigenvalue weighted by Crippen LogP contribution is 2.40. The van der Waals surface area contributed by atoms with Crippen LogP contribution in [0.25, 0.3) is 0 Å². The minimum absolute atomic E-state index is 0.163. The van der Waals surface area contributed by atoms with E-state index in [1.807, 2.05) is 75.4 Å². The van der Waals surface area contributed by atoms with E-state index in [1.54, 1.807) is 25.1 Å². The van der Waals surface area contributed by atoms with Gasteiger partial charge < -0.3 is 25.4 Å². The molecule has 1 saturated heterocycles. The molecule has 1 heterocycles. The summed E-state index contributed by atoms with van der Waals surface area (Å²) in [5.74, 6) is -1.56. The first kappa shape index (κ1) is 32.8. The first-order chi connectivity index (χ1) is 20.9. The smallest absolute Gasteiger partial charge is 0.308 e. The number of aliphatic hydroxyl groups excluding tert-OH is 1. The monoisotopic (exact) mass is 617 g/mol. The quantitative estimate of drug-likeness (QED) is 0.233. The second-order valence-electron chi connectivity index (χ2n) is 11.5. The van der Waals surface area contributed by atoms with Crippen LogP contribution >= 0.6 is 11.8 Å². The summed E-state index contributed by atoms with van der Waals surface area (Å²) in [5, 5.41) is 17.4. The Balaban J connectivity index is 1.57. The third kappa shape index (κ3) is 7.67. The Morgan fingerprint density at radius 2 is 1.68 bits per heavy atom. The van der Waals surface area contributed by atoms with E-state index in [-0.39, 0.29) is 29.5 Å². The maximum absolute atomic E-state index is 13.9. The average Bonchev–Trinajstić information content (AvgIpc) is 3.31. The minimum Gasteiger partial charge on any atom is -0.426 e. The van der Waals surface area contributed by atoms with Crippen molar-refractivity contribution in [3.05, 3.63) is 101 Å². The van der Waals surface area contributed by atoms with Gasteiger partial charge in [0.2, 0.25) is 5.91 Å². The lowest BCUT2D eigenvalue weighted by atomic mass is 9.96. The second-order valence-corrected chi connectivity index (χ2v) is 13.1. The average molecular weight is 618 g/mol. The number of carbonyl (C=O) groups excluding carboxylic acids is 4. The number of hydrogen-bond donors (Lipinski definition) is 3. The van der Waals surface area contributed by atoms with E-state index in [1.165, 1.54) is 23.6 Å². The van der Waals surface area contributed by atoms with Gasteiger partial charge in [0.05, 0.1) is 11.9 Å². The fraction of sp³-hybridized carbons (Fsp3) is 0.353. The number of nitrogens with one attached hydrogen (secondary N) is 2. The van der Waals surface area contributed by atoms with Crippen LogP contribution in [-0.2, 0) is 27.3 Å². The van der Waals surface area contributed by atoms with E-state index < -0.39 is 40.7 Å². The van der Waals surface area contributed by atoms with Gasteiger partial charge in [-0.2, -0.15) is 0 Å². The molecule has 44 heavy (non-hydrogen) atoms. The van der Waals surface area contributed by atoms with Gasteiger partial charge in [-0.25, -0.2) is 0 Å². The summed E-state index contributed by atoms with van der Waals surface area (Å²) >= 11 is 1.45. The van der Waals surface area contributed by atoms with Gasteiger partial charge in [-0.1, -0.05) is 60.7 Å². The van der Waals surface area contributed by atoms with Crippen molar-refractivity contribution < 1.29 is 29.0 Å². The molecule has 232 valence electrons. The zero-order valence-electron chi connectivity index (χ0n) is 25.6.